The first kappa shape index (κ1) is 53.9. The van der Waals surface area contributed by atoms with Crippen LogP contribution < -0.4 is 27.0 Å². The lowest BCUT2D eigenvalue weighted by Gasteiger charge is -2.35. The second-order valence-corrected chi connectivity index (χ2v) is 22.7. The van der Waals surface area contributed by atoms with E-state index >= 15 is 0 Å². The van der Waals surface area contributed by atoms with E-state index in [1.165, 1.54) is 27.5 Å². The van der Waals surface area contributed by atoms with Crippen molar-refractivity contribution >= 4 is 84.2 Å². The molecule has 6 rings (SSSR count). The minimum absolute atomic E-state index is 0.0182. The van der Waals surface area contributed by atoms with Gasteiger partial charge in [0.25, 0.3) is 5.91 Å². The smallest absolute Gasteiger partial charge is 0.253 e. The highest BCUT2D eigenvalue weighted by Crippen LogP contribution is 2.35. The summed E-state index contributed by atoms with van der Waals surface area (Å²) < 4.78 is 42.5. The lowest BCUT2D eigenvalue weighted by Crippen LogP contribution is -2.50. The molecule has 378 valence electrons. The lowest BCUT2D eigenvalue weighted by atomic mass is 9.76. The Balaban J connectivity index is 0.898. The number of aryl methyl sites for hydroxylation is 1. The number of primary amides is 1. The lowest BCUT2D eigenvalue weighted by molar-refractivity contribution is -0.146. The van der Waals surface area contributed by atoms with Crippen LogP contribution in [0.2, 0.25) is 0 Å². The number of carbonyl (C=O) groups is 5. The number of nitrogens with two attached hydrogens (primary N) is 1. The van der Waals surface area contributed by atoms with Gasteiger partial charge in [-0.25, -0.2) is 27.1 Å². The van der Waals surface area contributed by atoms with E-state index in [9.17, 15) is 41.9 Å². The zero-order valence-electron chi connectivity index (χ0n) is 40.0. The van der Waals surface area contributed by atoms with Crippen molar-refractivity contribution in [3.8, 4) is 10.4 Å². The van der Waals surface area contributed by atoms with Gasteiger partial charge in [0.1, 0.15) is 23.5 Å². The number of nitrogens with one attached hydrogen (secondary N) is 4. The summed E-state index contributed by atoms with van der Waals surface area (Å²) in [5, 5.41) is 22.5. The molecule has 2 aliphatic rings. The molecule has 2 aromatic heterocycles. The van der Waals surface area contributed by atoms with Gasteiger partial charge in [0, 0.05) is 70.0 Å². The van der Waals surface area contributed by atoms with Crippen LogP contribution in [0.25, 0.3) is 10.4 Å². The third kappa shape index (κ3) is 14.1. The van der Waals surface area contributed by atoms with Gasteiger partial charge in [-0.1, -0.05) is 51.1 Å². The Morgan fingerprint density at radius 1 is 1.03 bits per heavy atom. The summed E-state index contributed by atoms with van der Waals surface area (Å²) in [7, 11) is -3.69. The summed E-state index contributed by atoms with van der Waals surface area (Å²) in [5.74, 6) is -3.50. The van der Waals surface area contributed by atoms with Crippen molar-refractivity contribution in [2.75, 3.05) is 42.6 Å². The number of hydrogen-bond donors (Lipinski definition) is 6. The van der Waals surface area contributed by atoms with Crippen LogP contribution in [0.1, 0.15) is 107 Å². The number of anilines is 3. The van der Waals surface area contributed by atoms with Gasteiger partial charge < -0.3 is 37.0 Å². The normalized spacial score (nSPS) is 17.7. The highest BCUT2D eigenvalue weighted by molar-refractivity contribution is 9.10. The third-order valence-electron chi connectivity index (χ3n) is 12.6. The van der Waals surface area contributed by atoms with Gasteiger partial charge in [-0.05, 0) is 84.1 Å². The van der Waals surface area contributed by atoms with E-state index < -0.39 is 45.2 Å². The van der Waals surface area contributed by atoms with Crippen molar-refractivity contribution in [2.45, 2.75) is 110 Å². The number of benzene rings is 2. The van der Waals surface area contributed by atoms with Crippen LogP contribution >= 0.6 is 27.3 Å². The van der Waals surface area contributed by atoms with Gasteiger partial charge in [0.2, 0.25) is 33.7 Å². The van der Waals surface area contributed by atoms with Crippen LogP contribution in [-0.2, 0) is 29.2 Å². The number of amides is 4. The van der Waals surface area contributed by atoms with Crippen molar-refractivity contribution in [1.82, 2.24) is 34.8 Å². The number of hydrogen-bond acceptors (Lipinski definition) is 14. The number of carbonyl (C=O) groups excluding carboxylic acids is 5. The molecular weight excluding hydrogens is 1010 g/mol. The van der Waals surface area contributed by atoms with E-state index in [1.54, 1.807) is 16.8 Å². The molecular formula is C48H62BrFN10O8S2. The fourth-order valence-corrected chi connectivity index (χ4v) is 11.1. The molecule has 4 amide bonds. The quantitative estimate of drug-likeness (QED) is 0.0525. The van der Waals surface area contributed by atoms with Crippen LogP contribution in [0.4, 0.5) is 21.8 Å². The SMILES string of the molecule is Cc1ncsc1-c1ccc([C@H](C)NC(=O)[C@@H]2C[C@@H](O)CN2C(=O)[C@@H](CC(=O)CCCCC(=O)NCCS(=O)(=O)N2CCC(Nc3ncc(Br)c(Nc4cccc(F)c4C(N)=O)n3)CC2)C(C)(C)C)cc1. The molecule has 4 heterocycles. The van der Waals surface area contributed by atoms with Gasteiger partial charge >= 0.3 is 0 Å². The summed E-state index contributed by atoms with van der Waals surface area (Å²) in [6.07, 6.45) is 2.52. The number of aliphatic hydroxyl groups is 1. The van der Waals surface area contributed by atoms with Crippen LogP contribution in [0.15, 0.2) is 58.6 Å². The first-order chi connectivity index (χ1) is 33.1. The van der Waals surface area contributed by atoms with E-state index in [0.717, 1.165) is 27.8 Å². The second-order valence-electron chi connectivity index (χ2n) is 18.9. The van der Waals surface area contributed by atoms with E-state index in [1.807, 2.05) is 58.9 Å². The summed E-state index contributed by atoms with van der Waals surface area (Å²) in [5.41, 5.74) is 9.22. The molecule has 0 radical (unpaired) electrons. The number of ketones is 1. The summed E-state index contributed by atoms with van der Waals surface area (Å²) in [6.45, 7) is 9.79. The zero-order valence-corrected chi connectivity index (χ0v) is 43.2. The van der Waals surface area contributed by atoms with Crippen LogP contribution in [0.5, 0.6) is 0 Å². The van der Waals surface area contributed by atoms with E-state index in [0.29, 0.717) is 30.2 Å². The van der Waals surface area contributed by atoms with Gasteiger partial charge in [0.15, 0.2) is 0 Å². The number of halogens is 2. The predicted molar refractivity (Wildman–Crippen MR) is 269 cm³/mol. The van der Waals surface area contributed by atoms with Crippen molar-refractivity contribution in [3.05, 3.63) is 81.3 Å². The van der Waals surface area contributed by atoms with Crippen molar-refractivity contribution < 1.29 is 41.9 Å². The number of sulfonamides is 1. The summed E-state index contributed by atoms with van der Waals surface area (Å²) in [6, 6.07) is 10.5. The minimum Gasteiger partial charge on any atom is -0.391 e. The number of nitrogens with zero attached hydrogens (tertiary/aromatic N) is 5. The predicted octanol–water partition coefficient (Wildman–Crippen LogP) is 6.00. The van der Waals surface area contributed by atoms with Crippen LogP contribution in [-0.4, -0.2) is 117 Å². The zero-order chi connectivity index (χ0) is 50.9. The standard InChI is InChI=1S/C48H62BrFN10O8S2/c1-28(30-13-15-31(16-14-30)42-29(2)54-27-69-42)55-45(65)39-24-34(62)26-60(39)46(66)35(48(3,4)5)23-33(61)9-6-7-12-40(63)52-19-22-70(67,68)59-20-17-32(18-21-59)56-47-53-25-36(49)44(58-47)57-38-11-8-10-37(50)41(38)43(51)64/h8,10-11,13-16,25,27-28,32,34-35,39,62H,6-7,9,12,17-24,26H2,1-5H3,(H2,51,64)(H,52,63)(H,55,65)(H2,53,56,57,58)/t28-,34+,35+,39-/m0/s1. The topological polar surface area (TPSA) is 259 Å². The number of unbranched alkanes of at least 4 members (excludes halogenated alkanes) is 1. The molecule has 22 heteroatoms. The highest BCUT2D eigenvalue weighted by Gasteiger charge is 2.44. The van der Waals surface area contributed by atoms with Crippen LogP contribution in [0, 0.1) is 24.1 Å². The molecule has 4 aromatic rings. The molecule has 2 fully saturated rings. The van der Waals surface area contributed by atoms with Gasteiger partial charge in [0.05, 0.1) is 49.7 Å². The van der Waals surface area contributed by atoms with Gasteiger partial charge in [-0.2, -0.15) is 4.98 Å². The fourth-order valence-electron chi connectivity index (χ4n) is 8.63. The fraction of sp³-hybridized carbons (Fsp3) is 0.500. The Morgan fingerprint density at radius 2 is 1.73 bits per heavy atom. The molecule has 2 aliphatic heterocycles. The molecule has 18 nitrogen and oxygen atoms in total. The maximum Gasteiger partial charge on any atom is 0.253 e. The number of piperidine rings is 1. The number of Topliss-reactive ketones (excluding diaryl/α,β-unsaturated/α-hetero) is 1. The third-order valence-corrected chi connectivity index (χ3v) is 16.1. The molecule has 0 saturated carbocycles. The molecule has 4 atom stereocenters. The van der Waals surface area contributed by atoms with Gasteiger partial charge in [-0.15, -0.1) is 11.3 Å². The molecule has 7 N–H and O–H groups in total. The molecule has 70 heavy (non-hydrogen) atoms. The second kappa shape index (κ2) is 23.7. The van der Waals surface area contributed by atoms with Crippen LogP contribution in [0.3, 0.4) is 0 Å². The van der Waals surface area contributed by atoms with E-state index in [4.69, 9.17) is 5.73 Å². The Morgan fingerprint density at radius 3 is 2.39 bits per heavy atom. The van der Waals surface area contributed by atoms with Crippen molar-refractivity contribution in [3.63, 3.8) is 0 Å². The number of thiazole rings is 1. The summed E-state index contributed by atoms with van der Waals surface area (Å²) >= 11 is 4.91. The Labute approximate surface area is 420 Å². The first-order valence-electron chi connectivity index (χ1n) is 23.3. The Bertz CT molecular complexity index is 2640. The number of aliphatic hydroxyl groups excluding tert-OH is 1. The Hall–Kier alpha value is -5.42. The first-order valence-corrected chi connectivity index (χ1v) is 26.6. The molecule has 2 aromatic carbocycles. The molecule has 0 bridgehead atoms. The molecule has 0 unspecified atom stereocenters. The monoisotopic (exact) mass is 1070 g/mol. The maximum atomic E-state index is 14.3. The van der Waals surface area contributed by atoms with Gasteiger partial charge in [-0.3, -0.25) is 24.0 Å². The maximum absolute atomic E-state index is 14.3. The van der Waals surface area contributed by atoms with E-state index in [-0.39, 0.29) is 116 Å². The number of rotatable bonds is 21. The Kier molecular flexibility index (Phi) is 18.2. The number of β-amino-alcohol motifs (C(OH)–C–C–N with tert-alkyl or cyclic N) is 1. The molecule has 0 spiro atoms. The van der Waals surface area contributed by atoms with Crippen molar-refractivity contribution in [2.24, 2.45) is 17.1 Å². The minimum atomic E-state index is -3.69. The average molecular weight is 1070 g/mol. The van der Waals surface area contributed by atoms with Crippen molar-refractivity contribution in [1.29, 1.82) is 0 Å². The number of likely N-dealkylation sites (tertiary alicyclic amines) is 1. The number of aromatic nitrogens is 3. The summed E-state index contributed by atoms with van der Waals surface area (Å²) in [4.78, 5) is 81.2. The largest absolute Gasteiger partial charge is 0.391 e. The molecule has 0 aliphatic carbocycles. The molecule has 2 saturated heterocycles. The van der Waals surface area contributed by atoms with E-state index in [2.05, 4.69) is 52.1 Å². The highest BCUT2D eigenvalue weighted by atomic mass is 79.9. The average Bonchev–Trinajstić information content (AvgIpc) is 3.92.